The zero-order valence-corrected chi connectivity index (χ0v) is 16.4. The van der Waals surface area contributed by atoms with Crippen LogP contribution in [0.25, 0.3) is 0 Å². The summed E-state index contributed by atoms with van der Waals surface area (Å²) >= 11 is 0. The van der Waals surface area contributed by atoms with Gasteiger partial charge in [-0.3, -0.25) is 10.2 Å². The van der Waals surface area contributed by atoms with E-state index in [9.17, 15) is 13.2 Å². The van der Waals surface area contributed by atoms with Gasteiger partial charge in [0.2, 0.25) is 5.91 Å². The molecule has 2 N–H and O–H groups in total. The Bertz CT molecular complexity index is 796. The minimum Gasteiger partial charge on any atom is -0.278 e. The molecule has 4 aliphatic rings. The van der Waals surface area contributed by atoms with Gasteiger partial charge in [0, 0.05) is 6.42 Å². The Hall–Kier alpha value is -1.40. The molecular formula is C20H28N2O3S. The first-order chi connectivity index (χ1) is 12.2. The summed E-state index contributed by atoms with van der Waals surface area (Å²) in [5, 5.41) is 0. The SMILES string of the molecule is Cc1ccc(S(=O)(=O)NNC(=O)CC23CC4CC(CC(C4)C2)C3)cc1C. The standard InChI is InChI=1S/C20H28N2O3S/c1-13-3-4-18(5-14(13)2)26(24,25)22-21-19(23)12-20-9-15-6-16(10-20)8-17(7-15)11-20/h3-5,15-17,22H,6-12H2,1-2H3,(H,21,23). The van der Waals surface area contributed by atoms with Crippen LogP contribution in [-0.2, 0) is 14.8 Å². The highest BCUT2D eigenvalue weighted by atomic mass is 32.2. The molecule has 4 aliphatic carbocycles. The van der Waals surface area contributed by atoms with Gasteiger partial charge in [0.25, 0.3) is 10.0 Å². The predicted molar refractivity (Wildman–Crippen MR) is 99.6 cm³/mol. The summed E-state index contributed by atoms with van der Waals surface area (Å²) in [7, 11) is -3.74. The highest BCUT2D eigenvalue weighted by molar-refractivity contribution is 7.89. The Morgan fingerprint density at radius 2 is 1.62 bits per heavy atom. The number of sulfonamides is 1. The number of rotatable bonds is 5. The topological polar surface area (TPSA) is 75.3 Å². The van der Waals surface area contributed by atoms with E-state index in [1.54, 1.807) is 18.2 Å². The Morgan fingerprint density at radius 1 is 1.04 bits per heavy atom. The number of amides is 1. The Kier molecular flexibility index (Phi) is 4.39. The zero-order chi connectivity index (χ0) is 18.5. The molecule has 0 heterocycles. The Balaban J connectivity index is 1.39. The summed E-state index contributed by atoms with van der Waals surface area (Å²) in [5.41, 5.74) is 4.50. The van der Waals surface area contributed by atoms with Gasteiger partial charge in [-0.1, -0.05) is 6.07 Å². The fraction of sp³-hybridized carbons (Fsp3) is 0.650. The van der Waals surface area contributed by atoms with Crippen LogP contribution < -0.4 is 10.3 Å². The number of hydrazine groups is 1. The molecular weight excluding hydrogens is 348 g/mol. The van der Waals surface area contributed by atoms with Crippen LogP contribution in [0.15, 0.2) is 23.1 Å². The molecule has 6 heteroatoms. The molecule has 142 valence electrons. The van der Waals surface area contributed by atoms with E-state index in [0.29, 0.717) is 6.42 Å². The van der Waals surface area contributed by atoms with Gasteiger partial charge in [-0.2, -0.15) is 0 Å². The second kappa shape index (κ2) is 6.34. The average Bonchev–Trinajstić information content (AvgIpc) is 2.54. The smallest absolute Gasteiger partial charge is 0.257 e. The highest BCUT2D eigenvalue weighted by Crippen LogP contribution is 2.61. The maximum Gasteiger partial charge on any atom is 0.257 e. The number of aryl methyl sites for hydroxylation is 2. The molecule has 1 amide bonds. The van der Waals surface area contributed by atoms with E-state index in [-0.39, 0.29) is 16.2 Å². The molecule has 0 aliphatic heterocycles. The summed E-state index contributed by atoms with van der Waals surface area (Å²) in [6.45, 7) is 3.81. The quantitative estimate of drug-likeness (QED) is 0.775. The lowest BCUT2D eigenvalue weighted by molar-refractivity contribution is -0.129. The molecule has 0 radical (unpaired) electrons. The van der Waals surface area contributed by atoms with Gasteiger partial charge in [-0.05, 0) is 98.8 Å². The van der Waals surface area contributed by atoms with Crippen LogP contribution in [0.3, 0.4) is 0 Å². The number of hydrogen-bond donors (Lipinski definition) is 2. The summed E-state index contributed by atoms with van der Waals surface area (Å²) in [6.07, 6.45) is 7.84. The first kappa shape index (κ1) is 18.0. The second-order valence-corrected chi connectivity index (χ2v) is 10.7. The summed E-state index contributed by atoms with van der Waals surface area (Å²) in [6, 6.07) is 4.97. The van der Waals surface area contributed by atoms with Crippen LogP contribution in [0.1, 0.15) is 56.1 Å². The summed E-state index contributed by atoms with van der Waals surface area (Å²) in [5.74, 6) is 2.13. The van der Waals surface area contributed by atoms with Crippen LogP contribution in [0.5, 0.6) is 0 Å². The van der Waals surface area contributed by atoms with Gasteiger partial charge in [0.1, 0.15) is 0 Å². The molecule has 26 heavy (non-hydrogen) atoms. The number of benzene rings is 1. The fourth-order valence-electron chi connectivity index (χ4n) is 5.96. The van der Waals surface area contributed by atoms with Crippen LogP contribution >= 0.6 is 0 Å². The van der Waals surface area contributed by atoms with Crippen molar-refractivity contribution in [1.82, 2.24) is 10.3 Å². The van der Waals surface area contributed by atoms with Crippen molar-refractivity contribution in [2.24, 2.45) is 23.2 Å². The zero-order valence-electron chi connectivity index (χ0n) is 15.5. The van der Waals surface area contributed by atoms with Gasteiger partial charge in [0.05, 0.1) is 4.90 Å². The molecule has 0 saturated heterocycles. The molecule has 0 aromatic heterocycles. The number of carbonyl (C=O) groups is 1. The van der Waals surface area contributed by atoms with Crippen LogP contribution in [0, 0.1) is 37.0 Å². The van der Waals surface area contributed by atoms with Crippen molar-refractivity contribution < 1.29 is 13.2 Å². The molecule has 5 nitrogen and oxygen atoms in total. The molecule has 4 bridgehead atoms. The van der Waals surface area contributed by atoms with Crippen molar-refractivity contribution in [2.45, 2.75) is 63.7 Å². The van der Waals surface area contributed by atoms with Gasteiger partial charge < -0.3 is 0 Å². The third kappa shape index (κ3) is 3.41. The third-order valence-corrected chi connectivity index (χ3v) is 8.06. The van der Waals surface area contributed by atoms with E-state index < -0.39 is 10.0 Å². The van der Waals surface area contributed by atoms with E-state index in [2.05, 4.69) is 10.3 Å². The minimum atomic E-state index is -3.74. The maximum atomic E-state index is 12.5. The maximum absolute atomic E-state index is 12.5. The largest absolute Gasteiger partial charge is 0.278 e. The molecule has 4 fully saturated rings. The van der Waals surface area contributed by atoms with Crippen molar-refractivity contribution in [1.29, 1.82) is 0 Å². The number of hydrogen-bond acceptors (Lipinski definition) is 3. The monoisotopic (exact) mass is 376 g/mol. The number of nitrogens with one attached hydrogen (secondary N) is 2. The fourth-order valence-corrected chi connectivity index (χ4v) is 6.90. The molecule has 1 aromatic carbocycles. The van der Waals surface area contributed by atoms with Gasteiger partial charge in [-0.25, -0.2) is 8.42 Å². The lowest BCUT2D eigenvalue weighted by Crippen LogP contribution is -2.50. The molecule has 4 saturated carbocycles. The lowest BCUT2D eigenvalue weighted by Gasteiger charge is -2.56. The Morgan fingerprint density at radius 3 is 2.15 bits per heavy atom. The third-order valence-electron chi connectivity index (χ3n) is 6.81. The first-order valence-electron chi connectivity index (χ1n) is 9.63. The minimum absolute atomic E-state index is 0.102. The van der Waals surface area contributed by atoms with Crippen molar-refractivity contribution in [3.63, 3.8) is 0 Å². The van der Waals surface area contributed by atoms with Gasteiger partial charge in [-0.15, -0.1) is 4.83 Å². The van der Waals surface area contributed by atoms with Crippen LogP contribution in [0.4, 0.5) is 0 Å². The highest BCUT2D eigenvalue weighted by Gasteiger charge is 2.51. The molecule has 0 spiro atoms. The van der Waals surface area contributed by atoms with Crippen molar-refractivity contribution in [2.75, 3.05) is 0 Å². The summed E-state index contributed by atoms with van der Waals surface area (Å²) < 4.78 is 24.9. The van der Waals surface area contributed by atoms with E-state index in [1.807, 2.05) is 13.8 Å². The number of carbonyl (C=O) groups excluding carboxylic acids is 1. The van der Waals surface area contributed by atoms with E-state index in [4.69, 9.17) is 0 Å². The van der Waals surface area contributed by atoms with Gasteiger partial charge >= 0.3 is 0 Å². The molecule has 5 rings (SSSR count). The average molecular weight is 377 g/mol. The molecule has 0 unspecified atom stereocenters. The normalized spacial score (nSPS) is 32.6. The van der Waals surface area contributed by atoms with E-state index in [1.165, 1.54) is 19.3 Å². The van der Waals surface area contributed by atoms with Crippen LogP contribution in [0.2, 0.25) is 0 Å². The predicted octanol–water partition coefficient (Wildman–Crippen LogP) is 3.22. The lowest BCUT2D eigenvalue weighted by atomic mass is 9.49. The van der Waals surface area contributed by atoms with E-state index >= 15 is 0 Å². The van der Waals surface area contributed by atoms with Crippen molar-refractivity contribution >= 4 is 15.9 Å². The van der Waals surface area contributed by atoms with E-state index in [0.717, 1.165) is 48.1 Å². The first-order valence-corrected chi connectivity index (χ1v) is 11.1. The van der Waals surface area contributed by atoms with Crippen LogP contribution in [-0.4, -0.2) is 14.3 Å². The van der Waals surface area contributed by atoms with Crippen molar-refractivity contribution in [3.8, 4) is 0 Å². The second-order valence-electron chi connectivity index (χ2n) is 8.99. The Labute approximate surface area is 156 Å². The van der Waals surface area contributed by atoms with Gasteiger partial charge in [0.15, 0.2) is 0 Å². The van der Waals surface area contributed by atoms with Crippen molar-refractivity contribution in [3.05, 3.63) is 29.3 Å². The molecule has 0 atom stereocenters. The molecule has 1 aromatic rings. The summed E-state index contributed by atoms with van der Waals surface area (Å²) in [4.78, 5) is 14.9.